The van der Waals surface area contributed by atoms with Gasteiger partial charge < -0.3 is 5.32 Å². The Hall–Kier alpha value is -0.0600. The monoisotopic (exact) mass is 268 g/mol. The second-order valence-corrected chi connectivity index (χ2v) is 7.58. The van der Waals surface area contributed by atoms with Gasteiger partial charge in [0.2, 0.25) is 0 Å². The number of rotatable bonds is 6. The summed E-state index contributed by atoms with van der Waals surface area (Å²) in [6.45, 7) is 1.02. The smallest absolute Gasteiger partial charge is 0.103 e. The van der Waals surface area contributed by atoms with Crippen molar-refractivity contribution in [1.29, 1.82) is 0 Å². The lowest BCUT2D eigenvalue weighted by atomic mass is 10.4. The molecule has 0 bridgehead atoms. The van der Waals surface area contributed by atoms with E-state index in [1.807, 2.05) is 11.3 Å². The Morgan fingerprint density at radius 2 is 2.12 bits per heavy atom. The van der Waals surface area contributed by atoms with Crippen LogP contribution < -0.4 is 5.32 Å². The highest BCUT2D eigenvalue weighted by Gasteiger charge is 2.20. The van der Waals surface area contributed by atoms with E-state index in [2.05, 4.69) is 28.3 Å². The molecule has 0 atom stereocenters. The fourth-order valence-electron chi connectivity index (χ4n) is 2.27. The summed E-state index contributed by atoms with van der Waals surface area (Å²) in [7, 11) is 0. The molecule has 2 fully saturated rings. The molecule has 1 N–H and O–H groups in total. The predicted octanol–water partition coefficient (Wildman–Crippen LogP) is 3.57. The normalized spacial score (nSPS) is 21.2. The fraction of sp³-hybridized carbons (Fsp3) is 0.769. The average molecular weight is 268 g/mol. The molecule has 0 aliphatic heterocycles. The summed E-state index contributed by atoms with van der Waals surface area (Å²) in [6, 6.07) is 0.799. The topological polar surface area (TPSA) is 24.9 Å². The summed E-state index contributed by atoms with van der Waals surface area (Å²) in [4.78, 5) is 5.93. The Labute approximate surface area is 112 Å². The molecule has 2 aliphatic rings. The Kier molecular flexibility index (Phi) is 4.04. The van der Waals surface area contributed by atoms with Gasteiger partial charge in [-0.2, -0.15) is 11.8 Å². The lowest BCUT2D eigenvalue weighted by Gasteiger charge is -2.05. The minimum Gasteiger partial charge on any atom is -0.309 e. The van der Waals surface area contributed by atoms with Crippen LogP contribution in [0.3, 0.4) is 0 Å². The molecular formula is C13H20N2S2. The van der Waals surface area contributed by atoms with Crippen molar-refractivity contribution in [1.82, 2.24) is 10.3 Å². The molecule has 3 rings (SSSR count). The number of nitrogens with zero attached hydrogens (tertiary/aromatic N) is 1. The van der Waals surface area contributed by atoms with E-state index in [0.29, 0.717) is 0 Å². The molecule has 1 aromatic rings. The Balaban J connectivity index is 1.42. The Morgan fingerprint density at radius 1 is 1.29 bits per heavy atom. The van der Waals surface area contributed by atoms with E-state index in [1.165, 1.54) is 48.4 Å². The third-order valence-electron chi connectivity index (χ3n) is 3.49. The lowest BCUT2D eigenvalue weighted by molar-refractivity contribution is 0.694. The average Bonchev–Trinajstić information content (AvgIpc) is 2.86. The fourth-order valence-corrected chi connectivity index (χ4v) is 4.50. The van der Waals surface area contributed by atoms with E-state index < -0.39 is 0 Å². The van der Waals surface area contributed by atoms with Gasteiger partial charge in [-0.15, -0.1) is 11.3 Å². The van der Waals surface area contributed by atoms with Gasteiger partial charge in [-0.3, -0.25) is 0 Å². The summed E-state index contributed by atoms with van der Waals surface area (Å²) in [6.07, 6.45) is 10.5. The number of nitrogens with one attached hydrogen (secondary N) is 1. The first-order valence-corrected chi connectivity index (χ1v) is 8.55. The third kappa shape index (κ3) is 3.70. The Morgan fingerprint density at radius 3 is 2.88 bits per heavy atom. The zero-order valence-electron chi connectivity index (χ0n) is 10.2. The standard InChI is InChI=1S/C13H20N2S2/c1-2-4-11(3-1)16-9-13-15-8-12(17-13)7-14-10-5-6-10/h8,10-11,14H,1-7,9H2. The molecule has 0 saturated heterocycles. The van der Waals surface area contributed by atoms with Crippen LogP contribution in [0.25, 0.3) is 0 Å². The molecule has 1 heterocycles. The van der Waals surface area contributed by atoms with Gasteiger partial charge in [0.25, 0.3) is 0 Å². The molecule has 1 aromatic heterocycles. The first kappa shape index (κ1) is 12.0. The van der Waals surface area contributed by atoms with Gasteiger partial charge >= 0.3 is 0 Å². The van der Waals surface area contributed by atoms with Crippen molar-refractivity contribution in [3.63, 3.8) is 0 Å². The van der Waals surface area contributed by atoms with E-state index in [0.717, 1.165) is 23.6 Å². The molecule has 0 amide bonds. The summed E-state index contributed by atoms with van der Waals surface area (Å²) in [5.41, 5.74) is 0. The van der Waals surface area contributed by atoms with Gasteiger partial charge in [0.05, 0.1) is 0 Å². The van der Waals surface area contributed by atoms with Gasteiger partial charge in [-0.05, 0) is 25.7 Å². The molecule has 94 valence electrons. The minimum absolute atomic E-state index is 0.799. The number of aromatic nitrogens is 1. The van der Waals surface area contributed by atoms with Crippen LogP contribution in [0, 0.1) is 0 Å². The molecule has 2 nitrogen and oxygen atoms in total. The first-order valence-electron chi connectivity index (χ1n) is 6.69. The van der Waals surface area contributed by atoms with Crippen LogP contribution in [0.4, 0.5) is 0 Å². The van der Waals surface area contributed by atoms with Crippen molar-refractivity contribution in [2.24, 2.45) is 0 Å². The number of hydrogen-bond donors (Lipinski definition) is 1. The maximum absolute atomic E-state index is 4.53. The van der Waals surface area contributed by atoms with Crippen LogP contribution in [-0.4, -0.2) is 16.3 Å². The van der Waals surface area contributed by atoms with Gasteiger partial charge in [0.15, 0.2) is 0 Å². The number of thioether (sulfide) groups is 1. The van der Waals surface area contributed by atoms with Crippen molar-refractivity contribution in [2.75, 3.05) is 0 Å². The number of thiazole rings is 1. The van der Waals surface area contributed by atoms with Crippen LogP contribution >= 0.6 is 23.1 Å². The highest BCUT2D eigenvalue weighted by atomic mass is 32.2. The van der Waals surface area contributed by atoms with Crippen molar-refractivity contribution < 1.29 is 0 Å². The minimum atomic E-state index is 0.799. The molecular weight excluding hydrogens is 248 g/mol. The lowest BCUT2D eigenvalue weighted by Crippen LogP contribution is -2.14. The van der Waals surface area contributed by atoms with Crippen molar-refractivity contribution in [2.45, 2.75) is 62.1 Å². The molecule has 0 spiro atoms. The third-order valence-corrected chi connectivity index (χ3v) is 6.05. The van der Waals surface area contributed by atoms with Crippen LogP contribution in [-0.2, 0) is 12.3 Å². The molecule has 4 heteroatoms. The Bertz CT molecular complexity index is 354. The summed E-state index contributed by atoms with van der Waals surface area (Å²) in [5, 5.41) is 5.77. The van der Waals surface area contributed by atoms with Crippen LogP contribution in [0.15, 0.2) is 6.20 Å². The summed E-state index contributed by atoms with van der Waals surface area (Å²) >= 11 is 4.01. The largest absolute Gasteiger partial charge is 0.309 e. The quantitative estimate of drug-likeness (QED) is 0.854. The van der Waals surface area contributed by atoms with E-state index in [1.54, 1.807) is 0 Å². The molecule has 0 aromatic carbocycles. The second-order valence-electron chi connectivity index (χ2n) is 5.09. The van der Waals surface area contributed by atoms with Gasteiger partial charge in [-0.25, -0.2) is 4.98 Å². The number of hydrogen-bond acceptors (Lipinski definition) is 4. The highest BCUT2D eigenvalue weighted by Crippen LogP contribution is 2.32. The highest BCUT2D eigenvalue weighted by molar-refractivity contribution is 7.99. The molecule has 17 heavy (non-hydrogen) atoms. The summed E-state index contributed by atoms with van der Waals surface area (Å²) < 4.78 is 0. The molecule has 2 saturated carbocycles. The van der Waals surface area contributed by atoms with Gasteiger partial charge in [0.1, 0.15) is 5.01 Å². The van der Waals surface area contributed by atoms with Gasteiger partial charge in [0, 0.05) is 34.7 Å². The molecule has 0 radical (unpaired) electrons. The molecule has 2 aliphatic carbocycles. The van der Waals surface area contributed by atoms with E-state index in [9.17, 15) is 0 Å². The summed E-state index contributed by atoms with van der Waals surface area (Å²) in [5.74, 6) is 1.12. The van der Waals surface area contributed by atoms with E-state index in [-0.39, 0.29) is 0 Å². The zero-order valence-corrected chi connectivity index (χ0v) is 11.8. The van der Waals surface area contributed by atoms with Crippen LogP contribution in [0.5, 0.6) is 0 Å². The van der Waals surface area contributed by atoms with Crippen molar-refractivity contribution in [3.8, 4) is 0 Å². The van der Waals surface area contributed by atoms with Crippen LogP contribution in [0.1, 0.15) is 48.4 Å². The zero-order chi connectivity index (χ0) is 11.5. The molecule has 0 unspecified atom stereocenters. The maximum Gasteiger partial charge on any atom is 0.103 e. The first-order chi connectivity index (χ1) is 8.40. The SMILES string of the molecule is c1nc(CSC2CCCC2)sc1CNC1CC1. The van der Waals surface area contributed by atoms with Crippen molar-refractivity contribution in [3.05, 3.63) is 16.1 Å². The van der Waals surface area contributed by atoms with Gasteiger partial charge in [-0.1, -0.05) is 12.8 Å². The predicted molar refractivity (Wildman–Crippen MR) is 75.5 cm³/mol. The second kappa shape index (κ2) is 5.72. The maximum atomic E-state index is 4.53. The van der Waals surface area contributed by atoms with E-state index >= 15 is 0 Å². The van der Waals surface area contributed by atoms with Crippen molar-refractivity contribution >= 4 is 23.1 Å². The van der Waals surface area contributed by atoms with Crippen LogP contribution in [0.2, 0.25) is 0 Å². The van der Waals surface area contributed by atoms with E-state index in [4.69, 9.17) is 0 Å².